The molecule has 0 aliphatic carbocycles. The highest BCUT2D eigenvalue weighted by Gasteiger charge is 2.15. The second kappa shape index (κ2) is 1.73. The molecule has 3 nitrogen and oxygen atoms in total. The fourth-order valence-electron chi connectivity index (χ4n) is 0. The van der Waals surface area contributed by atoms with E-state index < -0.39 is 5.72 Å². The Balaban J connectivity index is 3.79. The van der Waals surface area contributed by atoms with Crippen LogP contribution in [0, 0.1) is 0 Å². The van der Waals surface area contributed by atoms with Crippen LogP contribution in [-0.2, 0) is 0 Å². The average molecular weight is 120 g/mol. The Morgan fingerprint density at radius 2 is 2.00 bits per heavy atom. The van der Waals surface area contributed by atoms with Gasteiger partial charge in [-0.2, -0.15) is 0 Å². The molecule has 0 saturated heterocycles. The number of rotatable bonds is 1. The van der Waals surface area contributed by atoms with Crippen LogP contribution in [-0.4, -0.2) is 15.8 Å². The predicted octanol–water partition coefficient (Wildman–Crippen LogP) is -1.06. The van der Waals surface area contributed by atoms with Gasteiger partial charge in [-0.15, -0.1) is 0 Å². The van der Waals surface area contributed by atoms with Crippen LogP contribution in [0.15, 0.2) is 0 Å². The Bertz CT molecular complexity index is 85.4. The second-order valence-corrected chi connectivity index (χ2v) is 1.95. The molecule has 0 radical (unpaired) electrons. The molecule has 0 saturated carbocycles. The van der Waals surface area contributed by atoms with Crippen molar-refractivity contribution in [1.29, 1.82) is 0 Å². The maximum atomic E-state index is 8.61. The molecule has 0 amide bonds. The van der Waals surface area contributed by atoms with Gasteiger partial charge in [0.2, 0.25) is 0 Å². The van der Waals surface area contributed by atoms with Crippen LogP contribution < -0.4 is 11.5 Å². The van der Waals surface area contributed by atoms with Gasteiger partial charge in [0.25, 0.3) is 0 Å². The minimum absolute atomic E-state index is 0.0903. The van der Waals surface area contributed by atoms with Gasteiger partial charge in [-0.25, -0.2) is 0 Å². The smallest absolute Gasteiger partial charge is 0.161 e. The van der Waals surface area contributed by atoms with Crippen LogP contribution in [0.2, 0.25) is 0 Å². The number of nitrogens with two attached hydrogens (primary N) is 2. The van der Waals surface area contributed by atoms with Crippen molar-refractivity contribution in [2.75, 3.05) is 0 Å². The summed E-state index contributed by atoms with van der Waals surface area (Å²) >= 11 is 4.34. The summed E-state index contributed by atoms with van der Waals surface area (Å²) in [6, 6.07) is 0. The average Bonchev–Trinajstić information content (AvgIpc) is 1.31. The molecule has 7 heavy (non-hydrogen) atoms. The molecule has 42 valence electrons. The third kappa shape index (κ3) is 2.50. The Morgan fingerprint density at radius 3 is 2.00 bits per heavy atom. The van der Waals surface area contributed by atoms with Gasteiger partial charge in [-0.1, -0.05) is 12.2 Å². The SMILES string of the molecule is CC(N)(O)C(N)=S. The molecule has 0 aromatic carbocycles. The predicted molar refractivity (Wildman–Crippen MR) is 31.6 cm³/mol. The van der Waals surface area contributed by atoms with Gasteiger partial charge in [0.15, 0.2) is 5.72 Å². The largest absolute Gasteiger partial charge is 0.390 e. The van der Waals surface area contributed by atoms with Crippen molar-refractivity contribution >= 4 is 17.2 Å². The first-order valence-corrected chi connectivity index (χ1v) is 2.16. The molecule has 0 aromatic heterocycles. The first-order valence-electron chi connectivity index (χ1n) is 1.76. The van der Waals surface area contributed by atoms with Crippen molar-refractivity contribution in [3.8, 4) is 0 Å². The molecule has 4 heteroatoms. The van der Waals surface area contributed by atoms with Gasteiger partial charge in [-0.3, -0.25) is 5.73 Å². The summed E-state index contributed by atoms with van der Waals surface area (Å²) in [6.07, 6.45) is 0. The van der Waals surface area contributed by atoms with Crippen molar-refractivity contribution in [3.63, 3.8) is 0 Å². The number of hydrogen-bond donors (Lipinski definition) is 3. The van der Waals surface area contributed by atoms with Crippen molar-refractivity contribution in [2.45, 2.75) is 12.6 Å². The minimum atomic E-state index is -1.49. The van der Waals surface area contributed by atoms with Gasteiger partial charge in [0, 0.05) is 0 Å². The molecule has 0 spiro atoms. The Kier molecular flexibility index (Phi) is 1.68. The lowest BCUT2D eigenvalue weighted by molar-refractivity contribution is 0.142. The molecule has 5 N–H and O–H groups in total. The lowest BCUT2D eigenvalue weighted by atomic mass is 10.3. The summed E-state index contributed by atoms with van der Waals surface area (Å²) in [5.74, 6) is 0. The van der Waals surface area contributed by atoms with E-state index >= 15 is 0 Å². The Morgan fingerprint density at radius 1 is 1.86 bits per heavy atom. The summed E-state index contributed by atoms with van der Waals surface area (Å²) in [6.45, 7) is 1.33. The zero-order chi connectivity index (χ0) is 6.08. The summed E-state index contributed by atoms with van der Waals surface area (Å²) < 4.78 is 0. The molecule has 0 heterocycles. The molecule has 1 atom stereocenters. The van der Waals surface area contributed by atoms with Gasteiger partial charge in [0.05, 0.1) is 0 Å². The molecular formula is C3H8N2OS. The molecular weight excluding hydrogens is 112 g/mol. The fraction of sp³-hybridized carbons (Fsp3) is 0.667. The highest BCUT2D eigenvalue weighted by Crippen LogP contribution is 1.89. The first kappa shape index (κ1) is 6.81. The van der Waals surface area contributed by atoms with Crippen LogP contribution >= 0.6 is 12.2 Å². The van der Waals surface area contributed by atoms with E-state index in [9.17, 15) is 0 Å². The summed E-state index contributed by atoms with van der Waals surface area (Å²) in [7, 11) is 0. The molecule has 0 fully saturated rings. The summed E-state index contributed by atoms with van der Waals surface area (Å²) in [4.78, 5) is -0.0903. The van der Waals surface area contributed by atoms with Gasteiger partial charge in [-0.05, 0) is 6.92 Å². The Labute approximate surface area is 47.3 Å². The van der Waals surface area contributed by atoms with E-state index in [0.29, 0.717) is 0 Å². The van der Waals surface area contributed by atoms with Crippen LogP contribution in [0.4, 0.5) is 0 Å². The van der Waals surface area contributed by atoms with Crippen molar-refractivity contribution in [2.24, 2.45) is 11.5 Å². The van der Waals surface area contributed by atoms with Crippen molar-refractivity contribution in [3.05, 3.63) is 0 Å². The minimum Gasteiger partial charge on any atom is -0.390 e. The third-order valence-electron chi connectivity index (χ3n) is 0.499. The van der Waals surface area contributed by atoms with E-state index in [1.807, 2.05) is 0 Å². The third-order valence-corrected chi connectivity index (χ3v) is 0.912. The maximum Gasteiger partial charge on any atom is 0.161 e. The van der Waals surface area contributed by atoms with Crippen LogP contribution in [0.5, 0.6) is 0 Å². The lowest BCUT2D eigenvalue weighted by Gasteiger charge is -2.13. The van der Waals surface area contributed by atoms with Crippen molar-refractivity contribution in [1.82, 2.24) is 0 Å². The van der Waals surface area contributed by atoms with E-state index in [0.717, 1.165) is 0 Å². The summed E-state index contributed by atoms with van der Waals surface area (Å²) in [5.41, 5.74) is 8.40. The maximum absolute atomic E-state index is 8.61. The lowest BCUT2D eigenvalue weighted by Crippen LogP contribution is -2.47. The quantitative estimate of drug-likeness (QED) is 0.304. The number of aliphatic hydroxyl groups is 1. The first-order chi connectivity index (χ1) is 2.94. The van der Waals surface area contributed by atoms with Crippen molar-refractivity contribution < 1.29 is 5.11 Å². The molecule has 0 aromatic rings. The van der Waals surface area contributed by atoms with E-state index in [2.05, 4.69) is 12.2 Å². The van der Waals surface area contributed by atoms with Crippen LogP contribution in [0.3, 0.4) is 0 Å². The molecule has 1 unspecified atom stereocenters. The van der Waals surface area contributed by atoms with Gasteiger partial charge < -0.3 is 10.8 Å². The standard InChI is InChI=1S/C3H8N2OS/c1-3(5,6)2(4)7/h6H,5H2,1H3,(H2,4,7). The molecule has 0 bridgehead atoms. The Hall–Kier alpha value is -0.190. The number of thiocarbonyl (C=S) groups is 1. The van der Waals surface area contributed by atoms with Gasteiger partial charge >= 0.3 is 0 Å². The zero-order valence-electron chi connectivity index (χ0n) is 4.01. The van der Waals surface area contributed by atoms with E-state index in [4.69, 9.17) is 16.6 Å². The highest BCUT2D eigenvalue weighted by atomic mass is 32.1. The van der Waals surface area contributed by atoms with Crippen LogP contribution in [0.25, 0.3) is 0 Å². The molecule has 0 aliphatic heterocycles. The van der Waals surface area contributed by atoms with Gasteiger partial charge in [0.1, 0.15) is 4.99 Å². The normalized spacial score (nSPS) is 18.1. The fourth-order valence-corrected chi connectivity index (χ4v) is 0. The van der Waals surface area contributed by atoms with Crippen LogP contribution in [0.1, 0.15) is 6.92 Å². The summed E-state index contributed by atoms with van der Waals surface area (Å²) in [5, 5.41) is 8.61. The van der Waals surface area contributed by atoms with E-state index in [1.54, 1.807) is 0 Å². The zero-order valence-corrected chi connectivity index (χ0v) is 4.83. The second-order valence-electron chi connectivity index (χ2n) is 1.51. The number of hydrogen-bond acceptors (Lipinski definition) is 3. The van der Waals surface area contributed by atoms with E-state index in [-0.39, 0.29) is 4.99 Å². The topological polar surface area (TPSA) is 72.3 Å². The highest BCUT2D eigenvalue weighted by molar-refractivity contribution is 7.80. The monoisotopic (exact) mass is 120 g/mol. The molecule has 0 rings (SSSR count). The molecule has 0 aliphatic rings. The van der Waals surface area contributed by atoms with E-state index in [1.165, 1.54) is 6.92 Å².